The van der Waals surface area contributed by atoms with E-state index in [-0.39, 0.29) is 47.4 Å². The summed E-state index contributed by atoms with van der Waals surface area (Å²) in [6.45, 7) is 5.84. The molecule has 2 aromatic rings. The number of fused-ring (bicyclic) bond motifs is 1. The quantitative estimate of drug-likeness (QED) is 0.290. The maximum absolute atomic E-state index is 14.0. The van der Waals surface area contributed by atoms with Gasteiger partial charge in [0, 0.05) is 31.1 Å². The van der Waals surface area contributed by atoms with Crippen LogP contribution in [0, 0.1) is 5.82 Å². The summed E-state index contributed by atoms with van der Waals surface area (Å²) in [5.41, 5.74) is 2.73. The summed E-state index contributed by atoms with van der Waals surface area (Å²) < 4.78 is 19.3. The number of benzene rings is 2. The van der Waals surface area contributed by atoms with Crippen molar-refractivity contribution < 1.29 is 13.9 Å². The van der Waals surface area contributed by atoms with Crippen molar-refractivity contribution in [3.8, 4) is 5.75 Å². The van der Waals surface area contributed by atoms with Gasteiger partial charge in [-0.05, 0) is 43.2 Å². The first-order chi connectivity index (χ1) is 14.1. The molecular formula is C22H28FIN4O2. The van der Waals surface area contributed by atoms with Crippen LogP contribution in [0.2, 0.25) is 0 Å². The minimum Gasteiger partial charge on any atom is -0.491 e. The first-order valence-corrected chi connectivity index (χ1v) is 9.92. The van der Waals surface area contributed by atoms with Crippen LogP contribution in [-0.4, -0.2) is 31.6 Å². The van der Waals surface area contributed by atoms with Crippen LogP contribution in [0.3, 0.4) is 0 Å². The summed E-state index contributed by atoms with van der Waals surface area (Å²) >= 11 is 0. The lowest BCUT2D eigenvalue weighted by molar-refractivity contribution is -0.116. The molecule has 1 amide bonds. The summed E-state index contributed by atoms with van der Waals surface area (Å²) in [5, 5.41) is 9.41. The lowest BCUT2D eigenvalue weighted by Crippen LogP contribution is -2.40. The summed E-state index contributed by atoms with van der Waals surface area (Å²) in [6, 6.07) is 12.7. The Bertz CT molecular complexity index is 891. The molecule has 0 aliphatic carbocycles. The number of carbonyl (C=O) groups excluding carboxylic acids is 1. The summed E-state index contributed by atoms with van der Waals surface area (Å²) in [4.78, 5) is 16.5. The molecule has 0 saturated carbocycles. The Balaban J connectivity index is 0.00000320. The number of rotatable bonds is 7. The van der Waals surface area contributed by atoms with Gasteiger partial charge in [-0.1, -0.05) is 24.3 Å². The van der Waals surface area contributed by atoms with E-state index in [0.717, 1.165) is 16.8 Å². The Hall–Kier alpha value is -2.36. The molecule has 6 nitrogen and oxygen atoms in total. The van der Waals surface area contributed by atoms with Crippen molar-refractivity contribution >= 4 is 41.5 Å². The zero-order chi connectivity index (χ0) is 20.6. The highest BCUT2D eigenvalue weighted by Gasteiger charge is 2.24. The highest BCUT2D eigenvalue weighted by molar-refractivity contribution is 14.0. The number of nitrogens with zero attached hydrogens (tertiary/aromatic N) is 1. The number of hydrogen-bond acceptors (Lipinski definition) is 3. The van der Waals surface area contributed by atoms with E-state index in [4.69, 9.17) is 4.74 Å². The van der Waals surface area contributed by atoms with Crippen LogP contribution in [0.25, 0.3) is 0 Å². The van der Waals surface area contributed by atoms with Crippen LogP contribution in [0.15, 0.2) is 47.5 Å². The Morgan fingerprint density at radius 3 is 2.77 bits per heavy atom. The number of amides is 1. The lowest BCUT2D eigenvalue weighted by Gasteiger charge is -2.26. The van der Waals surface area contributed by atoms with Gasteiger partial charge < -0.3 is 20.7 Å². The molecule has 3 rings (SSSR count). The molecule has 162 valence electrons. The minimum absolute atomic E-state index is 0. The third-order valence-corrected chi connectivity index (χ3v) is 4.68. The highest BCUT2D eigenvalue weighted by atomic mass is 127. The van der Waals surface area contributed by atoms with Gasteiger partial charge in [0.05, 0.1) is 13.2 Å². The van der Waals surface area contributed by atoms with Crippen LogP contribution < -0.4 is 20.7 Å². The van der Waals surface area contributed by atoms with Crippen molar-refractivity contribution in [1.29, 1.82) is 0 Å². The molecule has 0 radical (unpaired) electrons. The van der Waals surface area contributed by atoms with Gasteiger partial charge in [0.15, 0.2) is 17.5 Å². The van der Waals surface area contributed by atoms with E-state index in [0.29, 0.717) is 38.6 Å². The predicted octanol–water partition coefficient (Wildman–Crippen LogP) is 4.02. The van der Waals surface area contributed by atoms with Crippen molar-refractivity contribution in [1.82, 2.24) is 10.6 Å². The van der Waals surface area contributed by atoms with Crippen molar-refractivity contribution in [2.24, 2.45) is 4.99 Å². The van der Waals surface area contributed by atoms with Crippen LogP contribution in [-0.2, 0) is 11.3 Å². The molecule has 1 heterocycles. The molecule has 0 saturated heterocycles. The third kappa shape index (κ3) is 6.32. The molecule has 0 fully saturated rings. The van der Waals surface area contributed by atoms with Crippen molar-refractivity contribution in [2.75, 3.05) is 25.0 Å². The number of hydrogen-bond donors (Lipinski definition) is 3. The SMILES string of the molecule is CCNC(=NCc1ccc(OCC)c(F)c1)NCC1CC(=O)Nc2ccccc21.I. The van der Waals surface area contributed by atoms with Gasteiger partial charge in [0.2, 0.25) is 5.91 Å². The number of aliphatic imine (C=N–C) groups is 1. The first-order valence-electron chi connectivity index (χ1n) is 9.92. The number of halogens is 2. The van der Waals surface area contributed by atoms with Gasteiger partial charge in [-0.3, -0.25) is 4.79 Å². The monoisotopic (exact) mass is 526 g/mol. The molecule has 1 unspecified atom stereocenters. The van der Waals surface area contributed by atoms with Crippen molar-refractivity contribution in [2.45, 2.75) is 32.7 Å². The fourth-order valence-electron chi connectivity index (χ4n) is 3.33. The molecule has 8 heteroatoms. The second-order valence-electron chi connectivity index (χ2n) is 6.81. The minimum atomic E-state index is -0.387. The topological polar surface area (TPSA) is 74.8 Å². The Morgan fingerprint density at radius 1 is 1.23 bits per heavy atom. The Labute approximate surface area is 193 Å². The van der Waals surface area contributed by atoms with E-state index >= 15 is 0 Å². The number of anilines is 1. The number of carbonyl (C=O) groups is 1. The zero-order valence-corrected chi connectivity index (χ0v) is 19.5. The standard InChI is InChI=1S/C22H27FN4O2.HI/c1-3-24-22(25-13-15-9-10-20(29-4-2)18(23)11-15)26-14-16-12-21(28)27-19-8-6-5-7-17(16)19;/h5-11,16H,3-4,12-14H2,1-2H3,(H,27,28)(H2,24,25,26);1H. The molecule has 30 heavy (non-hydrogen) atoms. The van der Waals surface area contributed by atoms with E-state index in [1.54, 1.807) is 6.07 Å². The average molecular weight is 526 g/mol. The van der Waals surface area contributed by atoms with Gasteiger partial charge in [-0.2, -0.15) is 0 Å². The lowest BCUT2D eigenvalue weighted by atomic mass is 9.90. The normalized spacial score (nSPS) is 15.5. The van der Waals surface area contributed by atoms with Crippen molar-refractivity contribution in [3.63, 3.8) is 0 Å². The number of para-hydroxylation sites is 1. The molecule has 0 aromatic heterocycles. The van der Waals surface area contributed by atoms with Gasteiger partial charge >= 0.3 is 0 Å². The smallest absolute Gasteiger partial charge is 0.225 e. The van der Waals surface area contributed by atoms with Gasteiger partial charge in [0.1, 0.15) is 0 Å². The molecule has 1 atom stereocenters. The molecule has 0 spiro atoms. The zero-order valence-electron chi connectivity index (χ0n) is 17.2. The van der Waals surface area contributed by atoms with Crippen LogP contribution >= 0.6 is 24.0 Å². The Kier molecular flexibility index (Phi) is 9.35. The molecule has 2 aromatic carbocycles. The summed E-state index contributed by atoms with van der Waals surface area (Å²) in [6.07, 6.45) is 0.424. The average Bonchev–Trinajstić information content (AvgIpc) is 2.71. The number of ether oxygens (including phenoxy) is 1. The summed E-state index contributed by atoms with van der Waals surface area (Å²) in [5.74, 6) is 0.570. The second-order valence-corrected chi connectivity index (χ2v) is 6.81. The highest BCUT2D eigenvalue weighted by Crippen LogP contribution is 2.31. The predicted molar refractivity (Wildman–Crippen MR) is 128 cm³/mol. The van der Waals surface area contributed by atoms with Gasteiger partial charge in [0.25, 0.3) is 0 Å². The van der Waals surface area contributed by atoms with Crippen LogP contribution in [0.4, 0.5) is 10.1 Å². The molecule has 0 bridgehead atoms. The number of nitrogens with one attached hydrogen (secondary N) is 3. The van der Waals surface area contributed by atoms with Crippen LogP contribution in [0.1, 0.15) is 37.3 Å². The molecular weight excluding hydrogens is 498 g/mol. The first kappa shape index (κ1) is 23.9. The van der Waals surface area contributed by atoms with Gasteiger partial charge in [-0.15, -0.1) is 24.0 Å². The maximum Gasteiger partial charge on any atom is 0.225 e. The fourth-order valence-corrected chi connectivity index (χ4v) is 3.33. The fraction of sp³-hybridized carbons (Fsp3) is 0.364. The molecule has 1 aliphatic heterocycles. The maximum atomic E-state index is 14.0. The van der Waals surface area contributed by atoms with E-state index in [1.165, 1.54) is 6.07 Å². The summed E-state index contributed by atoms with van der Waals surface area (Å²) in [7, 11) is 0. The Morgan fingerprint density at radius 2 is 2.03 bits per heavy atom. The van der Waals surface area contributed by atoms with E-state index < -0.39 is 0 Å². The van der Waals surface area contributed by atoms with E-state index in [1.807, 2.05) is 44.2 Å². The van der Waals surface area contributed by atoms with Crippen molar-refractivity contribution in [3.05, 3.63) is 59.4 Å². The van der Waals surface area contributed by atoms with E-state index in [2.05, 4.69) is 20.9 Å². The third-order valence-electron chi connectivity index (χ3n) is 4.68. The molecule has 3 N–H and O–H groups in total. The largest absolute Gasteiger partial charge is 0.491 e. The number of guanidine groups is 1. The second kappa shape index (κ2) is 11.7. The van der Waals surface area contributed by atoms with Crippen LogP contribution in [0.5, 0.6) is 5.75 Å². The van der Waals surface area contributed by atoms with Gasteiger partial charge in [-0.25, -0.2) is 9.38 Å². The van der Waals surface area contributed by atoms with E-state index in [9.17, 15) is 9.18 Å². The molecule has 1 aliphatic rings.